The van der Waals surface area contributed by atoms with Crippen LogP contribution in [0.3, 0.4) is 0 Å². The van der Waals surface area contributed by atoms with Gasteiger partial charge in [0.15, 0.2) is 0 Å². The summed E-state index contributed by atoms with van der Waals surface area (Å²) in [5, 5.41) is 10.3. The number of benzene rings is 2. The number of hydrogen-bond acceptors (Lipinski definition) is 5. The van der Waals surface area contributed by atoms with Gasteiger partial charge in [-0.1, -0.05) is 29.8 Å². The monoisotopic (exact) mass is 466 g/mol. The predicted octanol–water partition coefficient (Wildman–Crippen LogP) is 4.85. The number of nitrogens with zero attached hydrogens (tertiary/aromatic N) is 2. The molecule has 7 nitrogen and oxygen atoms in total. The maximum Gasteiger partial charge on any atom is 0.326 e. The largest absolute Gasteiger partial charge is 0.496 e. The molecule has 0 bridgehead atoms. The molecule has 1 aromatic heterocycles. The number of likely N-dealkylation sites (tertiary alicyclic amines) is 1. The summed E-state index contributed by atoms with van der Waals surface area (Å²) in [7, 11) is 3.06. The molecule has 0 spiro atoms. The fourth-order valence-electron chi connectivity index (χ4n) is 4.26. The Morgan fingerprint density at radius 2 is 1.85 bits per heavy atom. The summed E-state index contributed by atoms with van der Waals surface area (Å²) in [6.07, 6.45) is 2.52. The number of pyridine rings is 1. The SMILES string of the molecule is COc1ccc(-c2ccc(C(=O)N3[C@@H](c4ccccc4Cl)CC[C@H]3C(=O)O)cc2OC)cn1. The molecule has 2 atom stereocenters. The third-order valence-corrected chi connectivity index (χ3v) is 6.22. The molecule has 1 aliphatic rings. The summed E-state index contributed by atoms with van der Waals surface area (Å²) in [5.74, 6) is -0.453. The van der Waals surface area contributed by atoms with Crippen molar-refractivity contribution < 1.29 is 24.2 Å². The number of aliphatic carboxylic acids is 1. The van der Waals surface area contributed by atoms with Crippen molar-refractivity contribution in [3.8, 4) is 22.8 Å². The average molecular weight is 467 g/mol. The third-order valence-electron chi connectivity index (χ3n) is 5.87. The molecule has 1 saturated heterocycles. The normalized spacial score (nSPS) is 17.6. The molecule has 1 amide bonds. The zero-order valence-corrected chi connectivity index (χ0v) is 19.0. The minimum atomic E-state index is -1.04. The number of halogens is 1. The van der Waals surface area contributed by atoms with E-state index in [4.69, 9.17) is 21.1 Å². The van der Waals surface area contributed by atoms with E-state index in [1.54, 1.807) is 49.7 Å². The molecule has 1 fully saturated rings. The Morgan fingerprint density at radius 3 is 2.48 bits per heavy atom. The predicted molar refractivity (Wildman–Crippen MR) is 124 cm³/mol. The zero-order valence-electron chi connectivity index (χ0n) is 18.2. The van der Waals surface area contributed by atoms with Crippen LogP contribution in [0, 0.1) is 0 Å². The minimum absolute atomic E-state index is 0.335. The third kappa shape index (κ3) is 4.36. The Balaban J connectivity index is 1.71. The van der Waals surface area contributed by atoms with Crippen molar-refractivity contribution in [2.24, 2.45) is 0 Å². The van der Waals surface area contributed by atoms with Crippen LogP contribution in [0.5, 0.6) is 11.6 Å². The first-order chi connectivity index (χ1) is 15.9. The first kappa shape index (κ1) is 22.6. The molecule has 0 radical (unpaired) electrons. The number of ether oxygens (including phenoxy) is 2. The Labute approximate surface area is 196 Å². The van der Waals surface area contributed by atoms with E-state index in [0.717, 1.165) is 16.7 Å². The highest BCUT2D eigenvalue weighted by Gasteiger charge is 2.42. The van der Waals surface area contributed by atoms with E-state index in [1.807, 2.05) is 18.2 Å². The van der Waals surface area contributed by atoms with Gasteiger partial charge in [0, 0.05) is 34.0 Å². The van der Waals surface area contributed by atoms with Gasteiger partial charge in [0.1, 0.15) is 11.8 Å². The molecule has 2 heterocycles. The number of hydrogen-bond donors (Lipinski definition) is 1. The van der Waals surface area contributed by atoms with E-state index >= 15 is 0 Å². The highest BCUT2D eigenvalue weighted by molar-refractivity contribution is 6.31. The van der Waals surface area contributed by atoms with Crippen LogP contribution in [0.1, 0.15) is 34.8 Å². The van der Waals surface area contributed by atoms with Gasteiger partial charge in [0.05, 0.1) is 20.3 Å². The number of carbonyl (C=O) groups excluding carboxylic acids is 1. The average Bonchev–Trinajstić information content (AvgIpc) is 3.29. The van der Waals surface area contributed by atoms with E-state index in [-0.39, 0.29) is 5.91 Å². The van der Waals surface area contributed by atoms with Gasteiger partial charge in [-0.25, -0.2) is 9.78 Å². The summed E-state index contributed by atoms with van der Waals surface area (Å²) in [4.78, 5) is 31.2. The van der Waals surface area contributed by atoms with Crippen molar-refractivity contribution in [3.05, 3.63) is 76.9 Å². The van der Waals surface area contributed by atoms with Gasteiger partial charge < -0.3 is 19.5 Å². The van der Waals surface area contributed by atoms with Crippen molar-refractivity contribution in [2.45, 2.75) is 24.9 Å². The lowest BCUT2D eigenvalue weighted by Gasteiger charge is -2.29. The minimum Gasteiger partial charge on any atom is -0.496 e. The molecule has 4 rings (SSSR count). The standard InChI is InChI=1S/C25H23ClN2O5/c1-32-22-13-15(7-9-17(22)16-8-12-23(33-2)27-14-16)24(29)28-20(10-11-21(28)25(30)31)18-5-3-4-6-19(18)26/h3-9,12-14,20-21H,10-11H2,1-2H3,(H,30,31)/t20-,21+/m1/s1. The van der Waals surface area contributed by atoms with Crippen LogP contribution >= 0.6 is 11.6 Å². The summed E-state index contributed by atoms with van der Waals surface area (Å²) in [6.45, 7) is 0. The highest BCUT2D eigenvalue weighted by Crippen LogP contribution is 2.41. The summed E-state index contributed by atoms with van der Waals surface area (Å²) >= 11 is 6.39. The van der Waals surface area contributed by atoms with Gasteiger partial charge in [0.25, 0.3) is 5.91 Å². The van der Waals surface area contributed by atoms with E-state index in [9.17, 15) is 14.7 Å². The summed E-state index contributed by atoms with van der Waals surface area (Å²) in [6, 6.07) is 14.5. The van der Waals surface area contributed by atoms with Gasteiger partial charge in [0.2, 0.25) is 5.88 Å². The molecule has 170 valence electrons. The van der Waals surface area contributed by atoms with Gasteiger partial charge in [-0.2, -0.15) is 0 Å². The number of aromatic nitrogens is 1. The van der Waals surface area contributed by atoms with E-state index in [2.05, 4.69) is 4.98 Å². The fraction of sp³-hybridized carbons (Fsp3) is 0.240. The molecule has 1 N–H and O–H groups in total. The van der Waals surface area contributed by atoms with Crippen LogP contribution < -0.4 is 9.47 Å². The zero-order chi connectivity index (χ0) is 23.5. The molecule has 3 aromatic rings. The smallest absolute Gasteiger partial charge is 0.326 e. The first-order valence-corrected chi connectivity index (χ1v) is 10.8. The van der Waals surface area contributed by atoms with Crippen molar-refractivity contribution in [2.75, 3.05) is 14.2 Å². The second-order valence-electron chi connectivity index (χ2n) is 7.69. The van der Waals surface area contributed by atoms with Crippen LogP contribution in [0.15, 0.2) is 60.8 Å². The molecule has 1 aliphatic heterocycles. The molecular formula is C25H23ClN2O5. The number of methoxy groups -OCH3 is 2. The van der Waals surface area contributed by atoms with Crippen molar-refractivity contribution in [1.82, 2.24) is 9.88 Å². The van der Waals surface area contributed by atoms with Crippen LogP contribution in [-0.2, 0) is 4.79 Å². The number of carbonyl (C=O) groups is 2. The number of carboxylic acid groups (broad SMARTS) is 1. The molecule has 33 heavy (non-hydrogen) atoms. The Bertz CT molecular complexity index is 1180. The lowest BCUT2D eigenvalue weighted by Crippen LogP contribution is -2.41. The molecular weight excluding hydrogens is 444 g/mol. The van der Waals surface area contributed by atoms with Crippen molar-refractivity contribution in [1.29, 1.82) is 0 Å². The Morgan fingerprint density at radius 1 is 1.06 bits per heavy atom. The first-order valence-electron chi connectivity index (χ1n) is 10.4. The lowest BCUT2D eigenvalue weighted by atomic mass is 10.0. The highest BCUT2D eigenvalue weighted by atomic mass is 35.5. The second-order valence-corrected chi connectivity index (χ2v) is 8.09. The maximum absolute atomic E-state index is 13.6. The van der Waals surface area contributed by atoms with Gasteiger partial charge in [-0.3, -0.25) is 4.79 Å². The van der Waals surface area contributed by atoms with E-state index < -0.39 is 18.1 Å². The van der Waals surface area contributed by atoms with Crippen LogP contribution in [0.4, 0.5) is 0 Å². The number of rotatable bonds is 6. The summed E-state index contributed by atoms with van der Waals surface area (Å²) < 4.78 is 10.7. The van der Waals surface area contributed by atoms with E-state index in [0.29, 0.717) is 35.1 Å². The topological polar surface area (TPSA) is 89.0 Å². The Kier molecular flexibility index (Phi) is 6.51. The van der Waals surface area contributed by atoms with E-state index in [1.165, 1.54) is 12.0 Å². The summed E-state index contributed by atoms with van der Waals surface area (Å²) in [5.41, 5.74) is 2.62. The Hall–Kier alpha value is -3.58. The number of carboxylic acids is 1. The molecule has 0 aliphatic carbocycles. The fourth-order valence-corrected chi connectivity index (χ4v) is 4.52. The van der Waals surface area contributed by atoms with Crippen LogP contribution in [0.25, 0.3) is 11.1 Å². The second kappa shape index (κ2) is 9.50. The lowest BCUT2D eigenvalue weighted by molar-refractivity contribution is -0.141. The van der Waals surface area contributed by atoms with Crippen molar-refractivity contribution >= 4 is 23.5 Å². The van der Waals surface area contributed by atoms with Gasteiger partial charge in [-0.15, -0.1) is 0 Å². The number of amides is 1. The molecule has 8 heteroatoms. The van der Waals surface area contributed by atoms with Crippen molar-refractivity contribution in [3.63, 3.8) is 0 Å². The maximum atomic E-state index is 13.6. The quantitative estimate of drug-likeness (QED) is 0.558. The molecule has 2 aromatic carbocycles. The molecule has 0 saturated carbocycles. The van der Waals surface area contributed by atoms with Crippen LogP contribution in [0.2, 0.25) is 5.02 Å². The van der Waals surface area contributed by atoms with Crippen LogP contribution in [-0.4, -0.2) is 47.1 Å². The van der Waals surface area contributed by atoms with Gasteiger partial charge in [-0.05, 0) is 48.7 Å². The molecule has 0 unspecified atom stereocenters. The van der Waals surface area contributed by atoms with Gasteiger partial charge >= 0.3 is 5.97 Å².